The quantitative estimate of drug-likeness (QED) is 0.216. The summed E-state index contributed by atoms with van der Waals surface area (Å²) in [5, 5.41) is 43.7. The van der Waals surface area contributed by atoms with E-state index in [1.807, 2.05) is 27.5 Å². The molecule has 3 aliphatic carbocycles. The van der Waals surface area contributed by atoms with Crippen molar-refractivity contribution in [2.24, 2.45) is 23.3 Å². The van der Waals surface area contributed by atoms with Gasteiger partial charge in [-0.05, 0) is 53.0 Å². The number of primary amides is 1. The van der Waals surface area contributed by atoms with Gasteiger partial charge in [-0.3, -0.25) is 14.4 Å². The molecule has 10 nitrogen and oxygen atoms in total. The number of fused-ring (bicyclic) bond motifs is 3. The molecular weight excluding hydrogens is 533 g/mol. The third kappa shape index (κ3) is 2.74. The normalized spacial score (nSPS) is 29.5. The summed E-state index contributed by atoms with van der Waals surface area (Å²) in [5.74, 6) is -7.11. The number of ketones is 2. The van der Waals surface area contributed by atoms with Gasteiger partial charge in [0.05, 0.1) is 15.2 Å². The van der Waals surface area contributed by atoms with Crippen LogP contribution in [-0.2, 0) is 20.8 Å². The van der Waals surface area contributed by atoms with E-state index < -0.39 is 58.0 Å². The number of nitrogens with zero attached hydrogens (tertiary/aromatic N) is 1. The Balaban J connectivity index is 1.99. The molecule has 0 heterocycles. The second-order valence-corrected chi connectivity index (χ2v) is 9.72. The molecule has 1 amide bonds. The number of hydrogen-bond donors (Lipinski definition) is 6. The van der Waals surface area contributed by atoms with Crippen LogP contribution >= 0.6 is 22.6 Å². The lowest BCUT2D eigenvalue weighted by atomic mass is 9.58. The molecule has 0 aliphatic heterocycles. The van der Waals surface area contributed by atoms with Crippen molar-refractivity contribution in [3.8, 4) is 5.75 Å². The van der Waals surface area contributed by atoms with E-state index in [1.54, 1.807) is 20.2 Å². The number of carbonyl (C=O) groups is 3. The zero-order valence-electron chi connectivity index (χ0n) is 17.2. The number of aliphatic hydroxyl groups excluding tert-OH is 2. The molecule has 32 heavy (non-hydrogen) atoms. The second-order valence-electron chi connectivity index (χ2n) is 8.55. The zero-order valence-corrected chi connectivity index (χ0v) is 19.4. The van der Waals surface area contributed by atoms with Crippen LogP contribution in [0.2, 0.25) is 0 Å². The molecule has 0 saturated heterocycles. The number of hydrogen-bond acceptors (Lipinski definition) is 9. The van der Waals surface area contributed by atoms with E-state index in [0.717, 1.165) is 5.69 Å². The summed E-state index contributed by atoms with van der Waals surface area (Å²) in [5.41, 5.74) is 8.76. The molecule has 1 aromatic rings. The number of phenolic OH excluding ortho intramolecular Hbond substituents is 1. The number of aromatic hydroxyl groups is 1. The summed E-state index contributed by atoms with van der Waals surface area (Å²) in [6, 6.07) is 0.295. The Morgan fingerprint density at radius 2 is 1.88 bits per heavy atom. The fourth-order valence-electron chi connectivity index (χ4n) is 5.13. The van der Waals surface area contributed by atoms with Gasteiger partial charge in [-0.1, -0.05) is 0 Å². The molecule has 0 bridgehead atoms. The molecular formula is C21H22IN3O7. The number of phenols is 1. The first-order valence-corrected chi connectivity index (χ1v) is 10.9. The lowest BCUT2D eigenvalue weighted by Gasteiger charge is -2.48. The summed E-state index contributed by atoms with van der Waals surface area (Å²) in [6.07, 6.45) is 0.197. The molecule has 1 saturated carbocycles. The van der Waals surface area contributed by atoms with Crippen molar-refractivity contribution in [2.75, 3.05) is 19.0 Å². The van der Waals surface area contributed by atoms with Crippen LogP contribution in [-0.4, -0.2) is 63.6 Å². The van der Waals surface area contributed by atoms with Crippen LogP contribution in [0.4, 0.5) is 5.69 Å². The van der Waals surface area contributed by atoms with Crippen LogP contribution in [0.15, 0.2) is 23.0 Å². The Morgan fingerprint density at radius 3 is 2.44 bits per heavy atom. The van der Waals surface area contributed by atoms with Crippen molar-refractivity contribution >= 4 is 51.5 Å². The topological polar surface area (TPSA) is 187 Å². The van der Waals surface area contributed by atoms with Gasteiger partial charge in [0, 0.05) is 31.3 Å². The number of halogens is 1. The van der Waals surface area contributed by atoms with Crippen molar-refractivity contribution in [1.82, 2.24) is 0 Å². The molecule has 0 radical (unpaired) electrons. The van der Waals surface area contributed by atoms with Gasteiger partial charge in [0.2, 0.25) is 5.78 Å². The van der Waals surface area contributed by atoms with Gasteiger partial charge in [-0.25, -0.2) is 0 Å². The first-order chi connectivity index (χ1) is 14.8. The molecule has 0 spiro atoms. The van der Waals surface area contributed by atoms with Crippen molar-refractivity contribution in [3.63, 3.8) is 0 Å². The Hall–Kier alpha value is -2.64. The third-order valence-corrected chi connectivity index (χ3v) is 7.48. The van der Waals surface area contributed by atoms with Crippen LogP contribution in [0, 0.1) is 15.4 Å². The van der Waals surface area contributed by atoms with E-state index in [4.69, 9.17) is 11.5 Å². The molecule has 1 unspecified atom stereocenters. The number of amides is 1. The van der Waals surface area contributed by atoms with Crippen LogP contribution in [0.1, 0.15) is 17.5 Å². The van der Waals surface area contributed by atoms with E-state index in [2.05, 4.69) is 0 Å². The van der Waals surface area contributed by atoms with Crippen LogP contribution < -0.4 is 16.4 Å². The average Bonchev–Trinajstić information content (AvgIpc) is 2.70. The lowest BCUT2D eigenvalue weighted by molar-refractivity contribution is -0.149. The number of benzene rings is 1. The predicted molar refractivity (Wildman–Crippen MR) is 122 cm³/mol. The third-order valence-electron chi connectivity index (χ3n) is 6.66. The maximum Gasteiger partial charge on any atom is 0.255 e. The van der Waals surface area contributed by atoms with Crippen LogP contribution in [0.5, 0.6) is 5.75 Å². The van der Waals surface area contributed by atoms with Crippen molar-refractivity contribution in [1.29, 1.82) is 0 Å². The SMILES string of the molecule is CN(C)c1cc(I)c(O)c2c1C[C@H]1C[C@H]3C(N)C(=O)C(C(N)=O)=C(O)[C@@]3(O)C(=O)C1=C2O. The van der Waals surface area contributed by atoms with Crippen molar-refractivity contribution in [2.45, 2.75) is 24.5 Å². The highest BCUT2D eigenvalue weighted by Gasteiger charge is 2.63. The molecule has 4 rings (SSSR count). The molecule has 1 fully saturated rings. The maximum absolute atomic E-state index is 13.5. The van der Waals surface area contributed by atoms with Gasteiger partial charge < -0.3 is 36.8 Å². The molecule has 3 aliphatic rings. The van der Waals surface area contributed by atoms with Crippen LogP contribution in [0.3, 0.4) is 0 Å². The Kier molecular flexibility index (Phi) is 5.06. The number of nitrogens with two attached hydrogens (primary N) is 2. The largest absolute Gasteiger partial charge is 0.508 e. The van der Waals surface area contributed by atoms with E-state index in [-0.39, 0.29) is 29.7 Å². The highest BCUT2D eigenvalue weighted by Crippen LogP contribution is 2.53. The highest BCUT2D eigenvalue weighted by atomic mass is 127. The Morgan fingerprint density at radius 1 is 1.25 bits per heavy atom. The summed E-state index contributed by atoms with van der Waals surface area (Å²) < 4.78 is 0.444. The summed E-state index contributed by atoms with van der Waals surface area (Å²) in [7, 11) is 3.60. The monoisotopic (exact) mass is 555 g/mol. The van der Waals surface area contributed by atoms with Crippen molar-refractivity contribution < 1.29 is 34.8 Å². The standard InChI is InChI=1S/C21H22IN3O7/c1-25(2)10-5-9(22)15(26)12-7(10)3-6-4-8-14(23)17(28)13(20(24)31)19(30)21(8,32)18(29)11(6)16(12)27/h5-6,8,14,26-27,30,32H,3-4,23H2,1-2H3,(H2,24,31)/t6-,8-,14?,21-/m0/s1. The number of Topliss-reactive ketones (excluding diaryl/α,β-unsaturated/α-hetero) is 2. The Bertz CT molecular complexity index is 1170. The lowest BCUT2D eigenvalue weighted by Crippen LogP contribution is -2.65. The minimum atomic E-state index is -2.70. The first-order valence-electron chi connectivity index (χ1n) is 9.79. The van der Waals surface area contributed by atoms with Gasteiger partial charge in [-0.2, -0.15) is 0 Å². The number of rotatable bonds is 2. The van der Waals surface area contributed by atoms with E-state index in [9.17, 15) is 34.8 Å². The minimum absolute atomic E-state index is 0.0241. The fourth-order valence-corrected chi connectivity index (χ4v) is 5.70. The maximum atomic E-state index is 13.5. The smallest absolute Gasteiger partial charge is 0.255 e. The van der Waals surface area contributed by atoms with E-state index in [1.165, 1.54) is 0 Å². The number of carbonyl (C=O) groups excluding carboxylic acids is 3. The Labute approximate surface area is 196 Å². The molecule has 1 aromatic carbocycles. The highest BCUT2D eigenvalue weighted by molar-refractivity contribution is 14.1. The molecule has 0 aromatic heterocycles. The van der Waals surface area contributed by atoms with Gasteiger partial charge >= 0.3 is 0 Å². The minimum Gasteiger partial charge on any atom is -0.508 e. The van der Waals surface area contributed by atoms with E-state index >= 15 is 0 Å². The first kappa shape index (κ1) is 22.6. The van der Waals surface area contributed by atoms with E-state index in [0.29, 0.717) is 9.13 Å². The summed E-state index contributed by atoms with van der Waals surface area (Å²) in [4.78, 5) is 39.6. The van der Waals surface area contributed by atoms with Gasteiger partial charge in [-0.15, -0.1) is 0 Å². The summed E-state index contributed by atoms with van der Waals surface area (Å²) >= 11 is 1.91. The molecule has 170 valence electrons. The molecule has 4 atom stereocenters. The molecule has 8 N–H and O–H groups in total. The average molecular weight is 555 g/mol. The zero-order chi connectivity index (χ0) is 23.9. The van der Waals surface area contributed by atoms with Gasteiger partial charge in [0.1, 0.15) is 22.8 Å². The number of anilines is 1. The van der Waals surface area contributed by atoms with Gasteiger partial charge in [0.15, 0.2) is 11.4 Å². The fraction of sp³-hybridized carbons (Fsp3) is 0.381. The van der Waals surface area contributed by atoms with Crippen LogP contribution in [0.25, 0.3) is 5.76 Å². The number of aliphatic hydroxyl groups is 3. The summed E-state index contributed by atoms with van der Waals surface area (Å²) in [6.45, 7) is 0. The second kappa shape index (κ2) is 7.18. The van der Waals surface area contributed by atoms with Gasteiger partial charge in [0.25, 0.3) is 5.91 Å². The molecule has 11 heteroatoms. The predicted octanol–water partition coefficient (Wildman–Crippen LogP) is 0.0317. The van der Waals surface area contributed by atoms with Crippen molar-refractivity contribution in [3.05, 3.63) is 37.7 Å².